The van der Waals surface area contributed by atoms with Gasteiger partial charge in [-0.15, -0.1) is 0 Å². The van der Waals surface area contributed by atoms with Gasteiger partial charge in [0, 0.05) is 31.3 Å². The zero-order valence-corrected chi connectivity index (χ0v) is 13.0. The number of anilines is 1. The van der Waals surface area contributed by atoms with E-state index < -0.39 is 44.2 Å². The third kappa shape index (κ3) is 4.29. The van der Waals surface area contributed by atoms with Crippen molar-refractivity contribution in [3.63, 3.8) is 0 Å². The summed E-state index contributed by atoms with van der Waals surface area (Å²) in [6.45, 7) is 3.20. The molecule has 0 aromatic heterocycles. The minimum absolute atomic E-state index is 0.0763. The summed E-state index contributed by atoms with van der Waals surface area (Å²) in [7, 11) is 1.51. The number of halogens is 3. The van der Waals surface area contributed by atoms with Crippen LogP contribution >= 0.6 is 0 Å². The number of nitrogens with one attached hydrogen (secondary N) is 1. The first-order valence-corrected chi connectivity index (χ1v) is 6.54. The van der Waals surface area contributed by atoms with Crippen LogP contribution < -0.4 is 11.2 Å². The molecule has 0 saturated heterocycles. The molecule has 0 radical (unpaired) electrons. The van der Waals surface area contributed by atoms with Gasteiger partial charge in [0.15, 0.2) is 5.69 Å². The van der Waals surface area contributed by atoms with Gasteiger partial charge in [-0.25, -0.2) is 5.01 Å². The molecule has 0 spiro atoms. The number of alkyl halides is 3. The van der Waals surface area contributed by atoms with Crippen LogP contribution in [-0.2, 0) is 6.18 Å². The van der Waals surface area contributed by atoms with Gasteiger partial charge in [0.25, 0.3) is 11.4 Å². The zero-order chi connectivity index (χ0) is 18.9. The van der Waals surface area contributed by atoms with E-state index in [0.29, 0.717) is 0 Å². The number of hydrogen-bond donors (Lipinski definition) is 2. The minimum Gasteiger partial charge on any atom is -0.372 e. The molecular formula is C12H16F3N5O4. The molecule has 0 atom stereocenters. The molecule has 1 rings (SSSR count). The summed E-state index contributed by atoms with van der Waals surface area (Å²) >= 11 is 0. The number of benzene rings is 1. The van der Waals surface area contributed by atoms with Crippen molar-refractivity contribution in [1.29, 1.82) is 0 Å². The molecule has 9 nitrogen and oxygen atoms in total. The molecule has 0 bridgehead atoms. The van der Waals surface area contributed by atoms with E-state index in [4.69, 9.17) is 5.84 Å². The lowest BCUT2D eigenvalue weighted by molar-refractivity contribution is -0.392. The Morgan fingerprint density at radius 1 is 1.17 bits per heavy atom. The predicted molar refractivity (Wildman–Crippen MR) is 79.3 cm³/mol. The van der Waals surface area contributed by atoms with Gasteiger partial charge in [0.2, 0.25) is 0 Å². The van der Waals surface area contributed by atoms with Crippen molar-refractivity contribution < 1.29 is 23.0 Å². The molecule has 12 heteroatoms. The maximum absolute atomic E-state index is 12.8. The van der Waals surface area contributed by atoms with Crippen molar-refractivity contribution in [3.8, 4) is 0 Å². The van der Waals surface area contributed by atoms with Crippen molar-refractivity contribution in [2.75, 3.05) is 18.9 Å². The third-order valence-electron chi connectivity index (χ3n) is 3.47. The molecule has 0 heterocycles. The molecule has 0 saturated carbocycles. The Balaban J connectivity index is 3.46. The standard InChI is InChI=1S/C12H16F3N5O4/c1-11(2,18(3)16)6-17-10-8(19(21)22)4-7(12(13,14)15)5-9(10)20(23)24/h4-5,17H,6,16H2,1-3H3. The van der Waals surface area contributed by atoms with Crippen molar-refractivity contribution in [2.24, 2.45) is 5.84 Å². The fourth-order valence-electron chi connectivity index (χ4n) is 1.67. The van der Waals surface area contributed by atoms with Gasteiger partial charge in [-0.05, 0) is 13.8 Å². The molecule has 0 aliphatic rings. The monoisotopic (exact) mass is 351 g/mol. The van der Waals surface area contributed by atoms with Gasteiger partial charge in [-0.1, -0.05) is 0 Å². The van der Waals surface area contributed by atoms with Crippen molar-refractivity contribution in [1.82, 2.24) is 5.01 Å². The Hall–Kier alpha value is -2.47. The van der Waals surface area contributed by atoms with Gasteiger partial charge in [0.1, 0.15) is 0 Å². The van der Waals surface area contributed by atoms with Gasteiger partial charge in [-0.2, -0.15) is 13.2 Å². The fourth-order valence-corrected chi connectivity index (χ4v) is 1.67. The second kappa shape index (κ2) is 6.57. The summed E-state index contributed by atoms with van der Waals surface area (Å²) < 4.78 is 38.4. The largest absolute Gasteiger partial charge is 0.416 e. The molecule has 0 aliphatic carbocycles. The number of nitro groups is 2. The van der Waals surface area contributed by atoms with Crippen LogP contribution in [0.25, 0.3) is 0 Å². The van der Waals surface area contributed by atoms with Crippen LogP contribution in [0.15, 0.2) is 12.1 Å². The highest BCUT2D eigenvalue weighted by Crippen LogP contribution is 2.41. The Bertz CT molecular complexity index is 626. The zero-order valence-electron chi connectivity index (χ0n) is 13.0. The lowest BCUT2D eigenvalue weighted by Crippen LogP contribution is -2.50. The molecule has 0 aliphatic heterocycles. The lowest BCUT2D eigenvalue weighted by Gasteiger charge is -2.32. The fraction of sp³-hybridized carbons (Fsp3) is 0.500. The lowest BCUT2D eigenvalue weighted by atomic mass is 10.0. The number of likely N-dealkylation sites (N-methyl/N-ethyl adjacent to an activating group) is 1. The summed E-state index contributed by atoms with van der Waals surface area (Å²) in [5.41, 5.74) is -4.92. The summed E-state index contributed by atoms with van der Waals surface area (Å²) in [6.07, 6.45) is -4.95. The van der Waals surface area contributed by atoms with E-state index in [1.807, 2.05) is 0 Å². The molecule has 1 aromatic rings. The maximum atomic E-state index is 12.8. The number of hydrogen-bond acceptors (Lipinski definition) is 7. The highest BCUT2D eigenvalue weighted by atomic mass is 19.4. The van der Waals surface area contributed by atoms with Gasteiger partial charge < -0.3 is 5.32 Å². The van der Waals surface area contributed by atoms with Crippen molar-refractivity contribution in [3.05, 3.63) is 37.9 Å². The van der Waals surface area contributed by atoms with Crippen molar-refractivity contribution in [2.45, 2.75) is 25.6 Å². The van der Waals surface area contributed by atoms with Crippen LogP contribution in [0, 0.1) is 20.2 Å². The second-order valence-corrected chi connectivity index (χ2v) is 5.68. The van der Waals surface area contributed by atoms with E-state index in [9.17, 15) is 33.4 Å². The summed E-state index contributed by atoms with van der Waals surface area (Å²) in [5.74, 6) is 5.59. The number of hydrazine groups is 1. The van der Waals surface area contributed by atoms with E-state index >= 15 is 0 Å². The Morgan fingerprint density at radius 3 is 1.88 bits per heavy atom. The smallest absolute Gasteiger partial charge is 0.372 e. The molecule has 0 unspecified atom stereocenters. The van der Waals surface area contributed by atoms with Crippen LogP contribution in [0.5, 0.6) is 0 Å². The summed E-state index contributed by atoms with van der Waals surface area (Å²) in [5, 5.41) is 25.9. The molecular weight excluding hydrogens is 335 g/mol. The highest BCUT2D eigenvalue weighted by molar-refractivity contribution is 5.75. The minimum atomic E-state index is -4.95. The first-order chi connectivity index (χ1) is 10.8. The number of nitro benzene ring substituents is 2. The molecule has 0 amide bonds. The molecule has 3 N–H and O–H groups in total. The van der Waals surface area contributed by atoms with E-state index in [1.165, 1.54) is 12.1 Å². The van der Waals surface area contributed by atoms with Gasteiger partial charge in [-0.3, -0.25) is 26.1 Å². The normalized spacial score (nSPS) is 12.3. The van der Waals surface area contributed by atoms with Crippen LogP contribution in [0.2, 0.25) is 0 Å². The van der Waals surface area contributed by atoms with Crippen LogP contribution in [0.1, 0.15) is 19.4 Å². The van der Waals surface area contributed by atoms with Crippen LogP contribution in [0.4, 0.5) is 30.2 Å². The number of nitrogens with two attached hydrogens (primary N) is 1. The van der Waals surface area contributed by atoms with E-state index in [2.05, 4.69) is 5.32 Å². The average Bonchev–Trinajstić information content (AvgIpc) is 2.42. The first kappa shape index (κ1) is 19.6. The Morgan fingerprint density at radius 2 is 1.58 bits per heavy atom. The average molecular weight is 351 g/mol. The number of nitrogens with zero attached hydrogens (tertiary/aromatic N) is 3. The van der Waals surface area contributed by atoms with Crippen LogP contribution in [-0.4, -0.2) is 34.0 Å². The van der Waals surface area contributed by atoms with Gasteiger partial charge in [0.05, 0.1) is 15.4 Å². The maximum Gasteiger partial charge on any atom is 0.416 e. The Labute approximate surface area is 134 Å². The number of rotatable bonds is 6. The van der Waals surface area contributed by atoms with E-state index in [0.717, 1.165) is 0 Å². The highest BCUT2D eigenvalue weighted by Gasteiger charge is 2.38. The van der Waals surface area contributed by atoms with Crippen LogP contribution in [0.3, 0.4) is 0 Å². The van der Waals surface area contributed by atoms with E-state index in [-0.39, 0.29) is 18.7 Å². The van der Waals surface area contributed by atoms with Gasteiger partial charge >= 0.3 is 6.18 Å². The second-order valence-electron chi connectivity index (χ2n) is 5.68. The summed E-state index contributed by atoms with van der Waals surface area (Å²) in [6, 6.07) is 0.517. The quantitative estimate of drug-likeness (QED) is 0.458. The molecule has 134 valence electrons. The summed E-state index contributed by atoms with van der Waals surface area (Å²) in [4.78, 5) is 19.9. The Kier molecular flexibility index (Phi) is 5.36. The SMILES string of the molecule is CN(N)C(C)(C)CNc1c([N+](=O)[O-])cc(C(F)(F)F)cc1[N+](=O)[O-]. The predicted octanol–water partition coefficient (Wildman–Crippen LogP) is 2.52. The first-order valence-electron chi connectivity index (χ1n) is 6.54. The molecule has 24 heavy (non-hydrogen) atoms. The van der Waals surface area contributed by atoms with E-state index in [1.54, 1.807) is 13.8 Å². The molecule has 1 aromatic carbocycles. The van der Waals surface area contributed by atoms with Crippen molar-refractivity contribution >= 4 is 17.1 Å². The third-order valence-corrected chi connectivity index (χ3v) is 3.47. The molecule has 0 fully saturated rings. The topological polar surface area (TPSA) is 128 Å².